The first-order chi connectivity index (χ1) is 7.17. The summed E-state index contributed by atoms with van der Waals surface area (Å²) in [6.45, 7) is 6.04. The quantitative estimate of drug-likeness (QED) is 0.482. The van der Waals surface area contributed by atoms with E-state index in [1.807, 2.05) is 6.92 Å². The molecule has 0 rings (SSSR count). The zero-order chi connectivity index (χ0) is 11.7. The van der Waals surface area contributed by atoms with Crippen molar-refractivity contribution in [3.8, 4) is 0 Å². The smallest absolute Gasteiger partial charge is 0.320 e. The summed E-state index contributed by atoms with van der Waals surface area (Å²) in [5.41, 5.74) is 0. The maximum Gasteiger partial charge on any atom is 0.320 e. The van der Waals surface area contributed by atoms with Crippen molar-refractivity contribution < 1.29 is 19.1 Å². The van der Waals surface area contributed by atoms with E-state index in [0.29, 0.717) is 19.6 Å². The van der Waals surface area contributed by atoms with Crippen LogP contribution in [-0.4, -0.2) is 25.2 Å². The molecule has 0 heterocycles. The maximum absolute atomic E-state index is 11.4. The van der Waals surface area contributed by atoms with Gasteiger partial charge in [0.25, 0.3) is 0 Å². The molecular weight excluding hydrogens is 196 g/mol. The maximum atomic E-state index is 11.4. The zero-order valence-electron chi connectivity index (χ0n) is 9.75. The molecule has 0 amide bonds. The Bertz CT molecular complexity index is 183. The molecule has 0 bridgehead atoms. The Hall–Kier alpha value is -1.06. The Morgan fingerprint density at radius 1 is 1.00 bits per heavy atom. The molecule has 4 nitrogen and oxygen atoms in total. The molecule has 0 aromatic heterocycles. The van der Waals surface area contributed by atoms with Gasteiger partial charge in [0, 0.05) is 0 Å². The molecular formula is C11H20O4. The lowest BCUT2D eigenvalue weighted by molar-refractivity contribution is -0.161. The van der Waals surface area contributed by atoms with Crippen LogP contribution in [0.2, 0.25) is 0 Å². The first-order valence-electron chi connectivity index (χ1n) is 5.50. The highest BCUT2D eigenvalue weighted by atomic mass is 16.6. The van der Waals surface area contributed by atoms with Gasteiger partial charge >= 0.3 is 11.9 Å². The summed E-state index contributed by atoms with van der Waals surface area (Å²) in [6, 6.07) is 0. The Morgan fingerprint density at radius 3 is 1.80 bits per heavy atom. The van der Waals surface area contributed by atoms with Crippen molar-refractivity contribution >= 4 is 11.9 Å². The van der Waals surface area contributed by atoms with Gasteiger partial charge in [-0.25, -0.2) is 0 Å². The van der Waals surface area contributed by atoms with Crippen LogP contribution in [0.5, 0.6) is 0 Å². The molecule has 0 aliphatic carbocycles. The van der Waals surface area contributed by atoms with Gasteiger partial charge in [-0.1, -0.05) is 19.8 Å². The fourth-order valence-electron chi connectivity index (χ4n) is 1.23. The van der Waals surface area contributed by atoms with E-state index in [0.717, 1.165) is 12.8 Å². The number of unbranched alkanes of at least 4 members (excludes halogenated alkanes) is 1. The Balaban J connectivity index is 4.28. The van der Waals surface area contributed by atoms with Crippen molar-refractivity contribution in [1.29, 1.82) is 0 Å². The number of carbonyl (C=O) groups excluding carboxylic acids is 2. The second kappa shape index (κ2) is 8.26. The highest BCUT2D eigenvalue weighted by Gasteiger charge is 2.28. The van der Waals surface area contributed by atoms with Crippen LogP contribution in [0.4, 0.5) is 0 Å². The summed E-state index contributed by atoms with van der Waals surface area (Å²) in [5, 5.41) is 0. The molecule has 88 valence electrons. The lowest BCUT2D eigenvalue weighted by atomic mass is 10.0. The normalized spacial score (nSPS) is 10.1. The second-order valence-electron chi connectivity index (χ2n) is 3.20. The van der Waals surface area contributed by atoms with Crippen molar-refractivity contribution in [1.82, 2.24) is 0 Å². The van der Waals surface area contributed by atoms with Gasteiger partial charge < -0.3 is 9.47 Å². The summed E-state index contributed by atoms with van der Waals surface area (Å²) in [5.74, 6) is -1.68. The number of ether oxygens (including phenoxy) is 2. The van der Waals surface area contributed by atoms with Crippen LogP contribution in [-0.2, 0) is 19.1 Å². The average Bonchev–Trinajstić information content (AvgIpc) is 2.19. The fraction of sp³-hybridized carbons (Fsp3) is 0.818. The van der Waals surface area contributed by atoms with Crippen LogP contribution in [0.3, 0.4) is 0 Å². The Kier molecular flexibility index (Phi) is 7.68. The molecule has 4 heteroatoms. The second-order valence-corrected chi connectivity index (χ2v) is 3.20. The SMILES string of the molecule is CCCCC(C(=O)OCC)C(=O)OCC. The third-order valence-electron chi connectivity index (χ3n) is 1.99. The van der Waals surface area contributed by atoms with Gasteiger partial charge in [-0.15, -0.1) is 0 Å². The predicted molar refractivity (Wildman–Crippen MR) is 56.3 cm³/mol. The molecule has 0 fully saturated rings. The molecule has 0 unspecified atom stereocenters. The summed E-state index contributed by atoms with van der Waals surface area (Å²) < 4.78 is 9.66. The number of carbonyl (C=O) groups is 2. The number of rotatable bonds is 7. The van der Waals surface area contributed by atoms with Crippen LogP contribution in [0.25, 0.3) is 0 Å². The van der Waals surface area contributed by atoms with E-state index in [1.54, 1.807) is 13.8 Å². The molecule has 15 heavy (non-hydrogen) atoms. The van der Waals surface area contributed by atoms with E-state index in [1.165, 1.54) is 0 Å². The molecule has 0 aliphatic rings. The summed E-state index contributed by atoms with van der Waals surface area (Å²) in [4.78, 5) is 22.9. The van der Waals surface area contributed by atoms with Crippen molar-refractivity contribution in [3.63, 3.8) is 0 Å². The molecule has 0 saturated heterocycles. The monoisotopic (exact) mass is 216 g/mol. The highest BCUT2D eigenvalue weighted by Crippen LogP contribution is 2.12. The van der Waals surface area contributed by atoms with Gasteiger partial charge in [0.2, 0.25) is 0 Å². The van der Waals surface area contributed by atoms with E-state index < -0.39 is 17.9 Å². The largest absolute Gasteiger partial charge is 0.465 e. The molecule has 0 aromatic rings. The average molecular weight is 216 g/mol. The van der Waals surface area contributed by atoms with E-state index in [4.69, 9.17) is 9.47 Å². The molecule has 0 aliphatic heterocycles. The lowest BCUT2D eigenvalue weighted by Crippen LogP contribution is -2.28. The van der Waals surface area contributed by atoms with Crippen LogP contribution in [0.1, 0.15) is 40.0 Å². The molecule has 0 saturated carbocycles. The van der Waals surface area contributed by atoms with Gasteiger partial charge in [0.1, 0.15) is 0 Å². The molecule has 0 N–H and O–H groups in total. The van der Waals surface area contributed by atoms with E-state index in [-0.39, 0.29) is 0 Å². The third kappa shape index (κ3) is 5.40. The minimum absolute atomic E-state index is 0.293. The van der Waals surface area contributed by atoms with Gasteiger partial charge in [0.15, 0.2) is 5.92 Å². The fourth-order valence-corrected chi connectivity index (χ4v) is 1.23. The van der Waals surface area contributed by atoms with Crippen LogP contribution < -0.4 is 0 Å². The van der Waals surface area contributed by atoms with Gasteiger partial charge in [-0.05, 0) is 20.3 Å². The summed E-state index contributed by atoms with van der Waals surface area (Å²) in [6.07, 6.45) is 2.27. The minimum Gasteiger partial charge on any atom is -0.465 e. The van der Waals surface area contributed by atoms with E-state index in [9.17, 15) is 9.59 Å². The summed E-state index contributed by atoms with van der Waals surface area (Å²) >= 11 is 0. The topological polar surface area (TPSA) is 52.6 Å². The van der Waals surface area contributed by atoms with Gasteiger partial charge in [0.05, 0.1) is 13.2 Å². The molecule has 0 atom stereocenters. The zero-order valence-corrected chi connectivity index (χ0v) is 9.75. The lowest BCUT2D eigenvalue weighted by Gasteiger charge is -2.13. The van der Waals surface area contributed by atoms with Crippen molar-refractivity contribution in [2.75, 3.05) is 13.2 Å². The number of hydrogen-bond acceptors (Lipinski definition) is 4. The standard InChI is InChI=1S/C11H20O4/c1-4-7-8-9(10(12)14-5-2)11(13)15-6-3/h9H,4-8H2,1-3H3. The predicted octanol–water partition coefficient (Wildman–Crippen LogP) is 1.92. The highest BCUT2D eigenvalue weighted by molar-refractivity contribution is 5.94. The van der Waals surface area contributed by atoms with Gasteiger partial charge in [-0.3, -0.25) is 9.59 Å². The third-order valence-corrected chi connectivity index (χ3v) is 1.99. The number of esters is 2. The van der Waals surface area contributed by atoms with Crippen molar-refractivity contribution in [2.45, 2.75) is 40.0 Å². The van der Waals surface area contributed by atoms with Crippen molar-refractivity contribution in [2.24, 2.45) is 5.92 Å². The van der Waals surface area contributed by atoms with Crippen LogP contribution in [0, 0.1) is 5.92 Å². The van der Waals surface area contributed by atoms with Gasteiger partial charge in [-0.2, -0.15) is 0 Å². The Morgan fingerprint density at radius 2 is 1.47 bits per heavy atom. The molecule has 0 spiro atoms. The minimum atomic E-state index is -0.746. The number of hydrogen-bond donors (Lipinski definition) is 0. The van der Waals surface area contributed by atoms with Crippen molar-refractivity contribution in [3.05, 3.63) is 0 Å². The van der Waals surface area contributed by atoms with E-state index >= 15 is 0 Å². The first-order valence-corrected chi connectivity index (χ1v) is 5.50. The molecule has 0 radical (unpaired) electrons. The van der Waals surface area contributed by atoms with E-state index in [2.05, 4.69) is 0 Å². The van der Waals surface area contributed by atoms with Crippen LogP contribution >= 0.6 is 0 Å². The summed E-state index contributed by atoms with van der Waals surface area (Å²) in [7, 11) is 0. The molecule has 0 aromatic carbocycles. The van der Waals surface area contributed by atoms with Crippen LogP contribution in [0.15, 0.2) is 0 Å². The Labute approximate surface area is 90.9 Å². The first kappa shape index (κ1) is 13.9.